The topological polar surface area (TPSA) is 29.4 Å². The van der Waals surface area contributed by atoms with Gasteiger partial charge in [-0.15, -0.1) is 0 Å². The number of para-hydroxylation sites is 1. The number of carbonyl (C=O) groups is 1. The Hall–Kier alpha value is -0.341. The summed E-state index contributed by atoms with van der Waals surface area (Å²) >= 11 is 0.194. The van der Waals surface area contributed by atoms with Crippen molar-refractivity contribution in [3.63, 3.8) is 0 Å². The second kappa shape index (κ2) is 10.4. The second-order valence-corrected chi connectivity index (χ2v) is 5.76. The molecule has 5 heteroatoms. The molecule has 0 aliphatic heterocycles. The Morgan fingerprint density at radius 1 is 1.16 bits per heavy atom. The van der Waals surface area contributed by atoms with Gasteiger partial charge in [0.1, 0.15) is 0 Å². The number of aryl methyl sites for hydroxylation is 2. The number of rotatable bonds is 4. The van der Waals surface area contributed by atoms with Gasteiger partial charge in [0.25, 0.3) is 0 Å². The molecular formula is C14H19Cl2FeNO. The van der Waals surface area contributed by atoms with Gasteiger partial charge in [-0.2, -0.15) is 0 Å². The fourth-order valence-corrected chi connectivity index (χ4v) is 1.61. The van der Waals surface area contributed by atoms with Gasteiger partial charge in [-0.25, -0.2) is 4.99 Å². The van der Waals surface area contributed by atoms with Crippen LogP contribution in [0.2, 0.25) is 0 Å². The van der Waals surface area contributed by atoms with Crippen molar-refractivity contribution in [1.29, 1.82) is 0 Å². The monoisotopic (exact) mass is 343 g/mol. The van der Waals surface area contributed by atoms with Crippen molar-refractivity contribution in [2.45, 2.75) is 40.5 Å². The number of nitrogens with zero attached hydrogens (tertiary/aromatic N) is 1. The van der Waals surface area contributed by atoms with E-state index < -0.39 is 0 Å². The fourth-order valence-electron chi connectivity index (χ4n) is 1.61. The first-order chi connectivity index (χ1) is 9.01. The molecule has 1 rings (SSSR count). The Morgan fingerprint density at radius 2 is 1.58 bits per heavy atom. The third kappa shape index (κ3) is 6.58. The number of carbonyl (C=O) groups excluding carboxylic acids is 1. The predicted octanol–water partition coefficient (Wildman–Crippen LogP) is 4.87. The molecule has 0 unspecified atom stereocenters. The molecule has 0 aliphatic rings. The maximum atomic E-state index is 11.2. The summed E-state index contributed by atoms with van der Waals surface area (Å²) in [7, 11) is 9.53. The van der Waals surface area contributed by atoms with Crippen LogP contribution in [0, 0.1) is 0 Å². The van der Waals surface area contributed by atoms with Gasteiger partial charge in [-0.3, -0.25) is 4.79 Å². The Balaban J connectivity index is 0.000000982. The van der Waals surface area contributed by atoms with Gasteiger partial charge in [-0.1, -0.05) is 32.0 Å². The molecule has 0 atom stereocenters. The number of ketones is 1. The molecular weight excluding hydrogens is 325 g/mol. The van der Waals surface area contributed by atoms with Crippen LogP contribution in [0.25, 0.3) is 0 Å². The Kier molecular flexibility index (Phi) is 10.3. The molecule has 0 aromatic heterocycles. The summed E-state index contributed by atoms with van der Waals surface area (Å²) in [6.45, 7) is 7.54. The summed E-state index contributed by atoms with van der Waals surface area (Å²) in [5.74, 6) is 0.0351. The van der Waals surface area contributed by atoms with Crippen LogP contribution in [0.3, 0.4) is 0 Å². The number of hydrogen-bond acceptors (Lipinski definition) is 2. The third-order valence-electron chi connectivity index (χ3n) is 2.75. The molecule has 0 heterocycles. The van der Waals surface area contributed by atoms with Gasteiger partial charge >= 0.3 is 33.3 Å². The molecule has 1 aromatic carbocycles. The van der Waals surface area contributed by atoms with Crippen LogP contribution in [0.4, 0.5) is 5.69 Å². The van der Waals surface area contributed by atoms with Gasteiger partial charge in [0.05, 0.1) is 11.4 Å². The number of Topliss-reactive ketones (excluding diaryl/α,β-unsaturated/α-hetero) is 1. The minimum atomic E-state index is 0.0351. The fraction of sp³-hybridized carbons (Fsp3) is 0.429. The van der Waals surface area contributed by atoms with Gasteiger partial charge < -0.3 is 0 Å². The maximum absolute atomic E-state index is 11.2. The SMILES string of the molecule is CCc1cccc(CC)c1N=C(C)C(C)=O.[Cl][Fe][Cl]. The molecule has 19 heavy (non-hydrogen) atoms. The van der Waals surface area contributed by atoms with Crippen molar-refractivity contribution >= 4 is 37.4 Å². The van der Waals surface area contributed by atoms with Crippen molar-refractivity contribution in [2.75, 3.05) is 0 Å². The van der Waals surface area contributed by atoms with Crippen LogP contribution in [0.1, 0.15) is 38.8 Å². The molecule has 108 valence electrons. The van der Waals surface area contributed by atoms with Crippen molar-refractivity contribution in [3.8, 4) is 0 Å². The zero-order valence-electron chi connectivity index (χ0n) is 11.6. The van der Waals surface area contributed by atoms with Crippen molar-refractivity contribution in [2.24, 2.45) is 4.99 Å². The van der Waals surface area contributed by atoms with Crippen LogP contribution in [0.5, 0.6) is 0 Å². The summed E-state index contributed by atoms with van der Waals surface area (Å²) in [6.07, 6.45) is 1.88. The summed E-state index contributed by atoms with van der Waals surface area (Å²) in [6, 6.07) is 6.20. The molecule has 0 saturated heterocycles. The number of aliphatic imine (C=N–C) groups is 1. The molecule has 0 fully saturated rings. The normalized spacial score (nSPS) is 10.9. The average Bonchev–Trinajstić information content (AvgIpc) is 2.39. The molecule has 0 N–H and O–H groups in total. The predicted molar refractivity (Wildman–Crippen MR) is 80.4 cm³/mol. The Bertz CT molecular complexity index is 425. The van der Waals surface area contributed by atoms with Crippen LogP contribution >= 0.6 is 20.2 Å². The molecule has 1 aromatic rings. The van der Waals surface area contributed by atoms with E-state index in [4.69, 9.17) is 20.2 Å². The van der Waals surface area contributed by atoms with Crippen molar-refractivity contribution in [1.82, 2.24) is 0 Å². The average molecular weight is 344 g/mol. The van der Waals surface area contributed by atoms with Gasteiger partial charge in [-0.05, 0) is 30.9 Å². The summed E-state index contributed by atoms with van der Waals surface area (Å²) in [5, 5.41) is 0. The van der Waals surface area contributed by atoms with E-state index in [-0.39, 0.29) is 18.9 Å². The first-order valence-electron chi connectivity index (χ1n) is 6.03. The third-order valence-corrected chi connectivity index (χ3v) is 2.75. The van der Waals surface area contributed by atoms with Crippen LogP contribution in [-0.4, -0.2) is 11.5 Å². The van der Waals surface area contributed by atoms with Gasteiger partial charge in [0.15, 0.2) is 5.78 Å². The van der Waals surface area contributed by atoms with Crippen LogP contribution in [-0.2, 0) is 30.8 Å². The van der Waals surface area contributed by atoms with E-state index in [1.54, 1.807) is 13.8 Å². The van der Waals surface area contributed by atoms with E-state index >= 15 is 0 Å². The van der Waals surface area contributed by atoms with Crippen molar-refractivity contribution in [3.05, 3.63) is 29.3 Å². The van der Waals surface area contributed by atoms with E-state index in [1.807, 2.05) is 0 Å². The molecule has 0 radical (unpaired) electrons. The van der Waals surface area contributed by atoms with Crippen molar-refractivity contribution < 1.29 is 17.9 Å². The van der Waals surface area contributed by atoms with E-state index in [9.17, 15) is 4.79 Å². The summed E-state index contributed by atoms with van der Waals surface area (Å²) in [4.78, 5) is 15.7. The molecule has 0 bridgehead atoms. The zero-order valence-corrected chi connectivity index (χ0v) is 14.2. The van der Waals surface area contributed by atoms with Crippen LogP contribution in [0.15, 0.2) is 23.2 Å². The zero-order chi connectivity index (χ0) is 14.8. The van der Waals surface area contributed by atoms with E-state index in [0.717, 1.165) is 18.5 Å². The minimum absolute atomic E-state index is 0.0351. The molecule has 0 saturated carbocycles. The van der Waals surface area contributed by atoms with Gasteiger partial charge in [0, 0.05) is 6.92 Å². The standard InChI is InChI=1S/C14H19NO.2ClH.Fe/c1-5-12-8-7-9-13(6-2)14(12)15-10(3)11(4)16;;;/h7-9H,5-6H2,1-4H3;2*1H;/q;;;+2/p-2. The summed E-state index contributed by atoms with van der Waals surface area (Å²) in [5.41, 5.74) is 3.98. The number of hydrogen-bond donors (Lipinski definition) is 0. The Labute approximate surface area is 130 Å². The molecule has 0 spiro atoms. The summed E-state index contributed by atoms with van der Waals surface area (Å²) < 4.78 is 0. The Morgan fingerprint density at radius 3 is 1.89 bits per heavy atom. The van der Waals surface area contributed by atoms with E-state index in [1.165, 1.54) is 11.1 Å². The van der Waals surface area contributed by atoms with E-state index in [2.05, 4.69) is 37.0 Å². The molecule has 0 aliphatic carbocycles. The first-order valence-corrected chi connectivity index (χ1v) is 9.07. The van der Waals surface area contributed by atoms with Gasteiger partial charge in [0.2, 0.25) is 0 Å². The first kappa shape index (κ1) is 18.7. The molecule has 0 amide bonds. The quantitative estimate of drug-likeness (QED) is 0.566. The van der Waals surface area contributed by atoms with E-state index in [0.29, 0.717) is 5.71 Å². The second-order valence-electron chi connectivity index (χ2n) is 3.94. The molecule has 2 nitrogen and oxygen atoms in total. The van der Waals surface area contributed by atoms with Crippen LogP contribution < -0.4 is 0 Å². The number of benzene rings is 1. The number of halogens is 2.